The van der Waals surface area contributed by atoms with E-state index < -0.39 is 0 Å². The summed E-state index contributed by atoms with van der Waals surface area (Å²) < 4.78 is 7.46. The van der Waals surface area contributed by atoms with Crippen LogP contribution in [0.25, 0.3) is 0 Å². The summed E-state index contributed by atoms with van der Waals surface area (Å²) in [4.78, 5) is 11.4. The van der Waals surface area contributed by atoms with Crippen molar-refractivity contribution < 1.29 is 9.53 Å². The maximum atomic E-state index is 11.4. The van der Waals surface area contributed by atoms with E-state index in [9.17, 15) is 4.79 Å². The second-order valence-electron chi connectivity index (χ2n) is 4.98. The average Bonchev–Trinajstić information content (AvgIpc) is 2.40. The molecule has 0 fully saturated rings. The molecule has 0 aromatic heterocycles. The summed E-state index contributed by atoms with van der Waals surface area (Å²) in [7, 11) is 0. The molecule has 0 atom stereocenters. The minimum Gasteiger partial charge on any atom is -0.491 e. The van der Waals surface area contributed by atoms with Crippen LogP contribution in [0, 0.1) is 0 Å². The summed E-state index contributed by atoms with van der Waals surface area (Å²) >= 11 is 7.04. The first-order valence-corrected chi connectivity index (χ1v) is 8.63. The summed E-state index contributed by atoms with van der Waals surface area (Å²) in [6, 6.07) is 4.50. The van der Waals surface area contributed by atoms with Crippen LogP contribution < -0.4 is 15.4 Å². The van der Waals surface area contributed by atoms with E-state index in [1.54, 1.807) is 0 Å². The van der Waals surface area contributed by atoms with Gasteiger partial charge in [-0.25, -0.2) is 0 Å². The van der Waals surface area contributed by atoms with E-state index in [-0.39, 0.29) is 5.91 Å². The Morgan fingerprint density at radius 2 is 1.90 bits per heavy atom. The smallest absolute Gasteiger partial charge is 0.223 e. The lowest BCUT2D eigenvalue weighted by Crippen LogP contribution is -2.24. The predicted octanol–water partition coefficient (Wildman–Crippen LogP) is 3.61. The SMILES string of the molecule is CCNC(=O)CCOc1c(Br)cc(CNC(C)C)cc1Br. The van der Waals surface area contributed by atoms with Gasteiger partial charge in [-0.3, -0.25) is 4.79 Å². The molecule has 0 aliphatic heterocycles. The first-order valence-electron chi connectivity index (χ1n) is 7.04. The fourth-order valence-corrected chi connectivity index (χ4v) is 3.22. The lowest BCUT2D eigenvalue weighted by Gasteiger charge is -2.13. The van der Waals surface area contributed by atoms with E-state index >= 15 is 0 Å². The van der Waals surface area contributed by atoms with Crippen LogP contribution in [0.15, 0.2) is 21.1 Å². The Kier molecular flexibility index (Phi) is 8.29. The van der Waals surface area contributed by atoms with Gasteiger partial charge < -0.3 is 15.4 Å². The number of nitrogens with one attached hydrogen (secondary N) is 2. The number of ether oxygens (including phenoxy) is 1. The van der Waals surface area contributed by atoms with E-state index in [1.165, 1.54) is 5.56 Å². The van der Waals surface area contributed by atoms with Crippen LogP contribution in [-0.4, -0.2) is 25.1 Å². The molecule has 0 radical (unpaired) electrons. The Hall–Kier alpha value is -0.590. The largest absolute Gasteiger partial charge is 0.491 e. The fourth-order valence-electron chi connectivity index (χ4n) is 1.71. The molecule has 0 unspecified atom stereocenters. The molecule has 1 rings (SSSR count). The van der Waals surface area contributed by atoms with Gasteiger partial charge in [0.15, 0.2) is 0 Å². The fraction of sp³-hybridized carbons (Fsp3) is 0.533. The minimum absolute atomic E-state index is 0.00231. The molecule has 0 heterocycles. The van der Waals surface area contributed by atoms with Gasteiger partial charge in [-0.2, -0.15) is 0 Å². The van der Waals surface area contributed by atoms with Gasteiger partial charge >= 0.3 is 0 Å². The van der Waals surface area contributed by atoms with Crippen molar-refractivity contribution in [2.24, 2.45) is 0 Å². The van der Waals surface area contributed by atoms with Gasteiger partial charge in [0.25, 0.3) is 0 Å². The van der Waals surface area contributed by atoms with Crippen LogP contribution in [0.3, 0.4) is 0 Å². The number of rotatable bonds is 8. The van der Waals surface area contributed by atoms with Gasteiger partial charge in [-0.05, 0) is 56.5 Å². The Morgan fingerprint density at radius 3 is 2.43 bits per heavy atom. The van der Waals surface area contributed by atoms with Crippen molar-refractivity contribution >= 4 is 37.8 Å². The minimum atomic E-state index is 0.00231. The van der Waals surface area contributed by atoms with E-state index in [0.29, 0.717) is 25.6 Å². The monoisotopic (exact) mass is 420 g/mol. The Balaban J connectivity index is 2.61. The molecule has 1 aromatic rings. The van der Waals surface area contributed by atoms with Crippen LogP contribution in [0.2, 0.25) is 0 Å². The first-order chi connectivity index (χ1) is 9.93. The van der Waals surface area contributed by atoms with E-state index in [2.05, 4.69) is 56.3 Å². The molecular formula is C15H22Br2N2O2. The standard InChI is InChI=1S/C15H22Br2N2O2/c1-4-18-14(20)5-6-21-15-12(16)7-11(8-13(15)17)9-19-10(2)3/h7-8,10,19H,4-6,9H2,1-3H3,(H,18,20). The van der Waals surface area contributed by atoms with Crippen LogP contribution in [0.5, 0.6) is 5.75 Å². The molecule has 21 heavy (non-hydrogen) atoms. The zero-order valence-corrected chi connectivity index (χ0v) is 15.8. The third kappa shape index (κ3) is 6.80. The van der Waals surface area contributed by atoms with Crippen LogP contribution >= 0.6 is 31.9 Å². The number of carbonyl (C=O) groups excluding carboxylic acids is 1. The topological polar surface area (TPSA) is 50.4 Å². The lowest BCUT2D eigenvalue weighted by molar-refractivity contribution is -0.121. The molecule has 0 aliphatic carbocycles. The molecule has 1 aromatic carbocycles. The zero-order valence-electron chi connectivity index (χ0n) is 12.6. The second-order valence-corrected chi connectivity index (χ2v) is 6.68. The van der Waals surface area contributed by atoms with Gasteiger partial charge in [-0.1, -0.05) is 13.8 Å². The quantitative estimate of drug-likeness (QED) is 0.673. The molecule has 4 nitrogen and oxygen atoms in total. The van der Waals surface area contributed by atoms with Crippen LogP contribution in [-0.2, 0) is 11.3 Å². The average molecular weight is 422 g/mol. The van der Waals surface area contributed by atoms with E-state index in [1.807, 2.05) is 19.1 Å². The Labute approximate surface area is 143 Å². The highest BCUT2D eigenvalue weighted by Crippen LogP contribution is 2.34. The van der Waals surface area contributed by atoms with Crippen LogP contribution in [0.1, 0.15) is 32.8 Å². The van der Waals surface area contributed by atoms with Crippen LogP contribution in [0.4, 0.5) is 0 Å². The van der Waals surface area contributed by atoms with Crippen molar-refractivity contribution in [2.75, 3.05) is 13.2 Å². The van der Waals surface area contributed by atoms with Crippen molar-refractivity contribution in [2.45, 2.75) is 39.8 Å². The number of hydrogen-bond acceptors (Lipinski definition) is 3. The maximum Gasteiger partial charge on any atom is 0.223 e. The highest BCUT2D eigenvalue weighted by Gasteiger charge is 2.10. The highest BCUT2D eigenvalue weighted by molar-refractivity contribution is 9.11. The van der Waals surface area contributed by atoms with Crippen molar-refractivity contribution in [1.82, 2.24) is 10.6 Å². The van der Waals surface area contributed by atoms with Crippen molar-refractivity contribution in [3.05, 3.63) is 26.6 Å². The molecule has 0 saturated carbocycles. The van der Waals surface area contributed by atoms with E-state index in [0.717, 1.165) is 21.2 Å². The maximum absolute atomic E-state index is 11.4. The molecule has 2 N–H and O–H groups in total. The molecule has 1 amide bonds. The van der Waals surface area contributed by atoms with Crippen molar-refractivity contribution in [1.29, 1.82) is 0 Å². The molecule has 0 bridgehead atoms. The number of hydrogen-bond donors (Lipinski definition) is 2. The summed E-state index contributed by atoms with van der Waals surface area (Å²) in [6.07, 6.45) is 0.351. The number of benzene rings is 1. The molecule has 0 saturated heterocycles. The first kappa shape index (κ1) is 18.5. The summed E-state index contributed by atoms with van der Waals surface area (Å²) in [5, 5.41) is 6.12. The van der Waals surface area contributed by atoms with Gasteiger partial charge in [0.1, 0.15) is 5.75 Å². The second kappa shape index (κ2) is 9.43. The van der Waals surface area contributed by atoms with Crippen molar-refractivity contribution in [3.63, 3.8) is 0 Å². The Bertz CT molecular complexity index is 456. The number of halogens is 2. The van der Waals surface area contributed by atoms with E-state index in [4.69, 9.17) is 4.74 Å². The third-order valence-corrected chi connectivity index (χ3v) is 3.90. The zero-order chi connectivity index (χ0) is 15.8. The number of amides is 1. The normalized spacial score (nSPS) is 10.8. The lowest BCUT2D eigenvalue weighted by atomic mass is 10.2. The summed E-state index contributed by atoms with van der Waals surface area (Å²) in [6.45, 7) is 7.92. The number of carbonyl (C=O) groups is 1. The molecule has 0 aliphatic rings. The van der Waals surface area contributed by atoms with Gasteiger partial charge in [0, 0.05) is 19.1 Å². The third-order valence-electron chi connectivity index (χ3n) is 2.72. The molecule has 0 spiro atoms. The van der Waals surface area contributed by atoms with Gasteiger partial charge in [-0.15, -0.1) is 0 Å². The predicted molar refractivity (Wildman–Crippen MR) is 92.6 cm³/mol. The molecule has 6 heteroatoms. The summed E-state index contributed by atoms with van der Waals surface area (Å²) in [5.74, 6) is 0.732. The molecule has 118 valence electrons. The molecular weight excluding hydrogens is 400 g/mol. The van der Waals surface area contributed by atoms with Gasteiger partial charge in [0.05, 0.1) is 22.0 Å². The Morgan fingerprint density at radius 1 is 1.29 bits per heavy atom. The highest BCUT2D eigenvalue weighted by atomic mass is 79.9. The van der Waals surface area contributed by atoms with Crippen molar-refractivity contribution in [3.8, 4) is 5.75 Å². The summed E-state index contributed by atoms with van der Waals surface area (Å²) in [5.41, 5.74) is 1.17. The van der Waals surface area contributed by atoms with Gasteiger partial charge in [0.2, 0.25) is 5.91 Å².